The molecule has 1 aliphatic rings. The van der Waals surface area contributed by atoms with Gasteiger partial charge in [0.25, 0.3) is 0 Å². The summed E-state index contributed by atoms with van der Waals surface area (Å²) in [7, 11) is 0. The van der Waals surface area contributed by atoms with Crippen molar-refractivity contribution in [1.82, 2.24) is 5.32 Å². The summed E-state index contributed by atoms with van der Waals surface area (Å²) in [6.07, 6.45) is 4.80. The number of benzene rings is 1. The lowest BCUT2D eigenvalue weighted by molar-refractivity contribution is 0.296. The Morgan fingerprint density at radius 3 is 3.06 bits per heavy atom. The molecule has 0 aliphatic carbocycles. The van der Waals surface area contributed by atoms with Crippen LogP contribution in [0.25, 0.3) is 0 Å². The number of hydrogen-bond donors (Lipinski definition) is 1. The van der Waals surface area contributed by atoms with Gasteiger partial charge in [0, 0.05) is 6.04 Å². The summed E-state index contributed by atoms with van der Waals surface area (Å²) < 4.78 is 18.5. The predicted molar refractivity (Wildman–Crippen MR) is 66.9 cm³/mol. The Morgan fingerprint density at radius 2 is 2.35 bits per heavy atom. The maximum absolute atomic E-state index is 12.9. The van der Waals surface area contributed by atoms with Crippen molar-refractivity contribution in [3.8, 4) is 5.75 Å². The SMILES string of the molecule is Cc1cc(F)ccc1OCCCC1CCCN1. The van der Waals surface area contributed by atoms with E-state index in [0.29, 0.717) is 12.6 Å². The van der Waals surface area contributed by atoms with Crippen LogP contribution in [0, 0.1) is 12.7 Å². The zero-order valence-corrected chi connectivity index (χ0v) is 10.3. The zero-order chi connectivity index (χ0) is 12.1. The van der Waals surface area contributed by atoms with Gasteiger partial charge in [0.15, 0.2) is 0 Å². The summed E-state index contributed by atoms with van der Waals surface area (Å²) in [5.74, 6) is 0.593. The third kappa shape index (κ3) is 3.70. The van der Waals surface area contributed by atoms with Gasteiger partial charge in [-0.15, -0.1) is 0 Å². The van der Waals surface area contributed by atoms with E-state index >= 15 is 0 Å². The first-order chi connectivity index (χ1) is 8.25. The number of hydrogen-bond acceptors (Lipinski definition) is 2. The van der Waals surface area contributed by atoms with E-state index in [1.54, 1.807) is 6.07 Å². The van der Waals surface area contributed by atoms with Crippen LogP contribution in [0.4, 0.5) is 4.39 Å². The minimum atomic E-state index is -0.204. The number of nitrogens with one attached hydrogen (secondary N) is 1. The van der Waals surface area contributed by atoms with Crippen LogP contribution in [0.15, 0.2) is 18.2 Å². The van der Waals surface area contributed by atoms with E-state index in [1.165, 1.54) is 31.4 Å². The Hall–Kier alpha value is -1.09. The average Bonchev–Trinajstić information content (AvgIpc) is 2.79. The second-order valence-electron chi connectivity index (χ2n) is 4.69. The van der Waals surface area contributed by atoms with E-state index in [0.717, 1.165) is 24.3 Å². The van der Waals surface area contributed by atoms with Crippen molar-refractivity contribution in [1.29, 1.82) is 0 Å². The van der Waals surface area contributed by atoms with Gasteiger partial charge in [-0.25, -0.2) is 4.39 Å². The summed E-state index contributed by atoms with van der Waals surface area (Å²) in [4.78, 5) is 0. The Bertz CT molecular complexity index is 361. The second-order valence-corrected chi connectivity index (χ2v) is 4.69. The fraction of sp³-hybridized carbons (Fsp3) is 0.571. The molecule has 0 aromatic heterocycles. The molecule has 2 nitrogen and oxygen atoms in total. The highest BCUT2D eigenvalue weighted by molar-refractivity contribution is 5.32. The highest BCUT2D eigenvalue weighted by Crippen LogP contribution is 2.19. The summed E-state index contributed by atoms with van der Waals surface area (Å²) in [5, 5.41) is 3.47. The highest BCUT2D eigenvalue weighted by atomic mass is 19.1. The van der Waals surface area contributed by atoms with Crippen molar-refractivity contribution in [3.63, 3.8) is 0 Å². The molecule has 1 N–H and O–H groups in total. The van der Waals surface area contributed by atoms with Gasteiger partial charge < -0.3 is 10.1 Å². The lowest BCUT2D eigenvalue weighted by atomic mass is 10.1. The van der Waals surface area contributed by atoms with Crippen LogP contribution in [-0.4, -0.2) is 19.2 Å². The zero-order valence-electron chi connectivity index (χ0n) is 10.3. The molecule has 17 heavy (non-hydrogen) atoms. The maximum Gasteiger partial charge on any atom is 0.123 e. The lowest BCUT2D eigenvalue weighted by Crippen LogP contribution is -2.21. The Balaban J connectivity index is 1.70. The van der Waals surface area contributed by atoms with Gasteiger partial charge in [0.1, 0.15) is 11.6 Å². The molecule has 1 fully saturated rings. The van der Waals surface area contributed by atoms with E-state index in [4.69, 9.17) is 4.74 Å². The first kappa shape index (κ1) is 12.4. The smallest absolute Gasteiger partial charge is 0.123 e. The Kier molecular flexibility index (Phi) is 4.37. The van der Waals surface area contributed by atoms with Crippen molar-refractivity contribution >= 4 is 0 Å². The van der Waals surface area contributed by atoms with Crippen molar-refractivity contribution < 1.29 is 9.13 Å². The molecule has 1 aliphatic heterocycles. The normalized spacial score (nSPS) is 19.5. The van der Waals surface area contributed by atoms with Gasteiger partial charge in [-0.2, -0.15) is 0 Å². The topological polar surface area (TPSA) is 21.3 Å². The Morgan fingerprint density at radius 1 is 1.47 bits per heavy atom. The molecule has 1 unspecified atom stereocenters. The van der Waals surface area contributed by atoms with Crippen LogP contribution < -0.4 is 10.1 Å². The highest BCUT2D eigenvalue weighted by Gasteiger charge is 2.13. The fourth-order valence-electron chi connectivity index (χ4n) is 2.29. The van der Waals surface area contributed by atoms with Gasteiger partial charge in [0.2, 0.25) is 0 Å². The molecule has 2 rings (SSSR count). The molecule has 94 valence electrons. The van der Waals surface area contributed by atoms with E-state index in [-0.39, 0.29) is 5.82 Å². The summed E-state index contributed by atoms with van der Waals surface area (Å²) >= 11 is 0. The Labute approximate surface area is 102 Å². The van der Waals surface area contributed by atoms with Gasteiger partial charge in [0.05, 0.1) is 6.61 Å². The van der Waals surface area contributed by atoms with Crippen molar-refractivity contribution in [2.24, 2.45) is 0 Å². The van der Waals surface area contributed by atoms with Crippen LogP contribution in [0.3, 0.4) is 0 Å². The molecular weight excluding hydrogens is 217 g/mol. The second kappa shape index (κ2) is 6.01. The molecule has 0 amide bonds. The monoisotopic (exact) mass is 237 g/mol. The number of halogens is 1. The van der Waals surface area contributed by atoms with Crippen LogP contribution in [0.1, 0.15) is 31.2 Å². The standard InChI is InChI=1S/C14H20FNO/c1-11-10-12(15)6-7-14(11)17-9-3-5-13-4-2-8-16-13/h6-7,10,13,16H,2-5,8-9H2,1H3. The fourth-order valence-corrected chi connectivity index (χ4v) is 2.29. The van der Waals surface area contributed by atoms with Gasteiger partial charge in [-0.1, -0.05) is 0 Å². The van der Waals surface area contributed by atoms with Crippen molar-refractivity contribution in [2.75, 3.05) is 13.2 Å². The third-order valence-corrected chi connectivity index (χ3v) is 3.25. The summed E-state index contributed by atoms with van der Waals surface area (Å²) in [5.41, 5.74) is 0.865. The van der Waals surface area contributed by atoms with Crippen LogP contribution >= 0.6 is 0 Å². The lowest BCUT2D eigenvalue weighted by Gasteiger charge is -2.12. The molecule has 0 radical (unpaired) electrons. The molecule has 1 saturated heterocycles. The van der Waals surface area contributed by atoms with E-state index in [9.17, 15) is 4.39 Å². The maximum atomic E-state index is 12.9. The minimum Gasteiger partial charge on any atom is -0.493 e. The molecule has 1 aromatic rings. The van der Waals surface area contributed by atoms with Crippen LogP contribution in [-0.2, 0) is 0 Å². The summed E-state index contributed by atoms with van der Waals surface area (Å²) in [6.45, 7) is 3.74. The van der Waals surface area contributed by atoms with E-state index in [2.05, 4.69) is 5.32 Å². The predicted octanol–water partition coefficient (Wildman–Crippen LogP) is 3.05. The van der Waals surface area contributed by atoms with Crippen molar-refractivity contribution in [2.45, 2.75) is 38.6 Å². The molecule has 0 saturated carbocycles. The molecule has 1 heterocycles. The van der Waals surface area contributed by atoms with Crippen LogP contribution in [0.5, 0.6) is 5.75 Å². The molecular formula is C14H20FNO. The number of rotatable bonds is 5. The average molecular weight is 237 g/mol. The van der Waals surface area contributed by atoms with E-state index < -0.39 is 0 Å². The summed E-state index contributed by atoms with van der Waals surface area (Å²) in [6, 6.07) is 5.33. The largest absolute Gasteiger partial charge is 0.493 e. The van der Waals surface area contributed by atoms with Gasteiger partial charge in [-0.3, -0.25) is 0 Å². The van der Waals surface area contributed by atoms with Gasteiger partial charge in [-0.05, 0) is 62.9 Å². The molecule has 0 bridgehead atoms. The first-order valence-corrected chi connectivity index (χ1v) is 6.38. The van der Waals surface area contributed by atoms with Crippen LogP contribution in [0.2, 0.25) is 0 Å². The van der Waals surface area contributed by atoms with Crippen molar-refractivity contribution in [3.05, 3.63) is 29.6 Å². The molecule has 3 heteroatoms. The van der Waals surface area contributed by atoms with Gasteiger partial charge >= 0.3 is 0 Å². The van der Waals surface area contributed by atoms with E-state index in [1.807, 2.05) is 6.92 Å². The number of aryl methyl sites for hydroxylation is 1. The molecule has 0 spiro atoms. The quantitative estimate of drug-likeness (QED) is 0.795. The third-order valence-electron chi connectivity index (χ3n) is 3.25. The molecule has 1 atom stereocenters. The molecule has 1 aromatic carbocycles. The number of ether oxygens (including phenoxy) is 1. The first-order valence-electron chi connectivity index (χ1n) is 6.38. The minimum absolute atomic E-state index is 0.204.